The van der Waals surface area contributed by atoms with Crippen molar-refractivity contribution in [3.05, 3.63) is 11.9 Å². The number of hydrogen-bond donors (Lipinski definition) is 1. The van der Waals surface area contributed by atoms with Crippen LogP contribution in [0.25, 0.3) is 0 Å². The first-order valence-electron chi connectivity index (χ1n) is 5.35. The molecule has 0 spiro atoms. The Kier molecular flexibility index (Phi) is 2.99. The monoisotopic (exact) mass is 209 g/mol. The van der Waals surface area contributed by atoms with Gasteiger partial charge in [-0.1, -0.05) is 18.1 Å². The van der Waals surface area contributed by atoms with E-state index in [2.05, 4.69) is 10.3 Å². The van der Waals surface area contributed by atoms with E-state index in [1.165, 1.54) is 25.7 Å². The summed E-state index contributed by atoms with van der Waals surface area (Å²) < 4.78 is 1.74. The first kappa shape index (κ1) is 10.1. The number of aliphatic carboxylic acids is 1. The van der Waals surface area contributed by atoms with Gasteiger partial charge in [-0.15, -0.1) is 5.10 Å². The van der Waals surface area contributed by atoms with E-state index in [0.717, 1.165) is 6.54 Å². The molecule has 0 radical (unpaired) electrons. The summed E-state index contributed by atoms with van der Waals surface area (Å²) in [6, 6.07) is 0. The zero-order chi connectivity index (χ0) is 10.7. The van der Waals surface area contributed by atoms with Crippen LogP contribution in [0.1, 0.15) is 31.4 Å². The van der Waals surface area contributed by atoms with E-state index in [4.69, 9.17) is 5.11 Å². The lowest BCUT2D eigenvalue weighted by molar-refractivity contribution is -0.136. The van der Waals surface area contributed by atoms with Crippen molar-refractivity contribution in [2.24, 2.45) is 5.92 Å². The lowest BCUT2D eigenvalue weighted by Crippen LogP contribution is -2.14. The average molecular weight is 209 g/mol. The minimum atomic E-state index is -0.829. The van der Waals surface area contributed by atoms with Gasteiger partial charge in [0.1, 0.15) is 0 Å². The summed E-state index contributed by atoms with van der Waals surface area (Å²) in [6.07, 6.45) is 6.59. The molecular weight excluding hydrogens is 194 g/mol. The van der Waals surface area contributed by atoms with Crippen LogP contribution in [-0.4, -0.2) is 26.1 Å². The molecule has 1 aromatic rings. The van der Waals surface area contributed by atoms with Gasteiger partial charge in [0, 0.05) is 6.54 Å². The van der Waals surface area contributed by atoms with Crippen molar-refractivity contribution in [1.82, 2.24) is 15.0 Å². The van der Waals surface area contributed by atoms with Crippen LogP contribution in [0.4, 0.5) is 0 Å². The van der Waals surface area contributed by atoms with Gasteiger partial charge in [-0.05, 0) is 18.8 Å². The van der Waals surface area contributed by atoms with Crippen molar-refractivity contribution in [2.75, 3.05) is 0 Å². The zero-order valence-corrected chi connectivity index (χ0v) is 8.59. The topological polar surface area (TPSA) is 68.0 Å². The van der Waals surface area contributed by atoms with E-state index in [-0.39, 0.29) is 6.42 Å². The van der Waals surface area contributed by atoms with Crippen molar-refractivity contribution in [2.45, 2.75) is 38.6 Å². The van der Waals surface area contributed by atoms with Gasteiger partial charge in [0.05, 0.1) is 18.3 Å². The average Bonchev–Trinajstić information content (AvgIpc) is 2.78. The summed E-state index contributed by atoms with van der Waals surface area (Å²) >= 11 is 0. The fraction of sp³-hybridized carbons (Fsp3) is 0.700. The fourth-order valence-corrected chi connectivity index (χ4v) is 2.16. The first-order chi connectivity index (χ1) is 7.25. The highest BCUT2D eigenvalue weighted by Crippen LogP contribution is 2.26. The Balaban J connectivity index is 2.00. The standard InChI is InChI=1S/C10H15N3O2/c14-10(15)5-9-6-11-12-13(9)7-8-3-1-2-4-8/h6,8H,1-5,7H2,(H,14,15). The summed E-state index contributed by atoms with van der Waals surface area (Å²) in [6.45, 7) is 0.822. The van der Waals surface area contributed by atoms with Crippen LogP contribution in [0.15, 0.2) is 6.20 Å². The highest BCUT2D eigenvalue weighted by Gasteiger charge is 2.18. The quantitative estimate of drug-likeness (QED) is 0.806. The van der Waals surface area contributed by atoms with Gasteiger partial charge in [-0.3, -0.25) is 4.79 Å². The molecule has 0 amide bonds. The molecule has 0 aliphatic heterocycles. The van der Waals surface area contributed by atoms with E-state index in [9.17, 15) is 4.79 Å². The predicted molar refractivity (Wildman–Crippen MR) is 53.3 cm³/mol. The maximum absolute atomic E-state index is 10.6. The minimum absolute atomic E-state index is 0.0136. The van der Waals surface area contributed by atoms with Crippen molar-refractivity contribution in [3.63, 3.8) is 0 Å². The number of carboxylic acid groups (broad SMARTS) is 1. The van der Waals surface area contributed by atoms with Crippen molar-refractivity contribution in [3.8, 4) is 0 Å². The van der Waals surface area contributed by atoms with E-state index in [0.29, 0.717) is 11.6 Å². The van der Waals surface area contributed by atoms with Crippen LogP contribution in [0.2, 0.25) is 0 Å². The normalized spacial score (nSPS) is 17.1. The van der Waals surface area contributed by atoms with Gasteiger partial charge in [-0.2, -0.15) is 0 Å². The van der Waals surface area contributed by atoms with Gasteiger partial charge in [0.25, 0.3) is 0 Å². The molecule has 2 rings (SSSR count). The smallest absolute Gasteiger partial charge is 0.309 e. The molecule has 0 unspecified atom stereocenters. The Labute approximate surface area is 88.1 Å². The Morgan fingerprint density at radius 2 is 2.27 bits per heavy atom. The Bertz CT molecular complexity index is 342. The summed E-state index contributed by atoms with van der Waals surface area (Å²) in [5.74, 6) is -0.177. The summed E-state index contributed by atoms with van der Waals surface area (Å²) in [5, 5.41) is 16.4. The molecule has 5 heteroatoms. The van der Waals surface area contributed by atoms with Crippen molar-refractivity contribution < 1.29 is 9.90 Å². The molecule has 1 heterocycles. The largest absolute Gasteiger partial charge is 0.481 e. The number of carboxylic acids is 1. The summed E-state index contributed by atoms with van der Waals surface area (Å²) in [4.78, 5) is 10.6. The highest BCUT2D eigenvalue weighted by molar-refractivity contribution is 5.69. The molecule has 1 N–H and O–H groups in total. The Morgan fingerprint density at radius 3 is 2.93 bits per heavy atom. The Morgan fingerprint density at radius 1 is 1.53 bits per heavy atom. The molecule has 1 aliphatic rings. The number of hydrogen-bond acceptors (Lipinski definition) is 3. The molecule has 0 atom stereocenters. The lowest BCUT2D eigenvalue weighted by atomic mass is 10.1. The maximum atomic E-state index is 10.6. The molecule has 1 aliphatic carbocycles. The van der Waals surface area contributed by atoms with Gasteiger partial charge in [0.15, 0.2) is 0 Å². The van der Waals surface area contributed by atoms with Gasteiger partial charge in [0.2, 0.25) is 0 Å². The predicted octanol–water partition coefficient (Wildman–Crippen LogP) is 1.10. The third-order valence-corrected chi connectivity index (χ3v) is 2.94. The second-order valence-corrected chi connectivity index (χ2v) is 4.13. The second kappa shape index (κ2) is 4.42. The molecule has 15 heavy (non-hydrogen) atoms. The van der Waals surface area contributed by atoms with E-state index < -0.39 is 5.97 Å². The summed E-state index contributed by atoms with van der Waals surface area (Å²) in [7, 11) is 0. The minimum Gasteiger partial charge on any atom is -0.481 e. The molecule has 1 fully saturated rings. The molecule has 0 aromatic carbocycles. The van der Waals surface area contributed by atoms with Gasteiger partial charge < -0.3 is 5.11 Å². The third kappa shape index (κ3) is 2.55. The molecule has 1 aromatic heterocycles. The van der Waals surface area contributed by atoms with Crippen LogP contribution in [-0.2, 0) is 17.8 Å². The molecule has 0 saturated heterocycles. The van der Waals surface area contributed by atoms with Crippen LogP contribution >= 0.6 is 0 Å². The van der Waals surface area contributed by atoms with Crippen LogP contribution in [0.3, 0.4) is 0 Å². The molecule has 82 valence electrons. The molecule has 1 saturated carbocycles. The number of carbonyl (C=O) groups is 1. The van der Waals surface area contributed by atoms with Crippen LogP contribution in [0.5, 0.6) is 0 Å². The van der Waals surface area contributed by atoms with E-state index in [1.54, 1.807) is 10.9 Å². The Hall–Kier alpha value is -1.39. The van der Waals surface area contributed by atoms with Crippen molar-refractivity contribution >= 4 is 5.97 Å². The fourth-order valence-electron chi connectivity index (χ4n) is 2.16. The first-order valence-corrected chi connectivity index (χ1v) is 5.35. The SMILES string of the molecule is O=C(O)Cc1cnnn1CC1CCCC1. The van der Waals surface area contributed by atoms with E-state index in [1.807, 2.05) is 0 Å². The van der Waals surface area contributed by atoms with E-state index >= 15 is 0 Å². The van der Waals surface area contributed by atoms with Crippen LogP contribution < -0.4 is 0 Å². The number of nitrogens with zero attached hydrogens (tertiary/aromatic N) is 3. The zero-order valence-electron chi connectivity index (χ0n) is 8.59. The maximum Gasteiger partial charge on any atom is 0.309 e. The highest BCUT2D eigenvalue weighted by atomic mass is 16.4. The third-order valence-electron chi connectivity index (χ3n) is 2.94. The van der Waals surface area contributed by atoms with Crippen molar-refractivity contribution in [1.29, 1.82) is 0 Å². The van der Waals surface area contributed by atoms with Gasteiger partial charge >= 0.3 is 5.97 Å². The van der Waals surface area contributed by atoms with Gasteiger partial charge in [-0.25, -0.2) is 4.68 Å². The number of rotatable bonds is 4. The van der Waals surface area contributed by atoms with Crippen LogP contribution in [0, 0.1) is 5.92 Å². The molecule has 0 bridgehead atoms. The lowest BCUT2D eigenvalue weighted by Gasteiger charge is -2.10. The summed E-state index contributed by atoms with van der Waals surface area (Å²) in [5.41, 5.74) is 0.703. The number of aromatic nitrogens is 3. The second-order valence-electron chi connectivity index (χ2n) is 4.13. The molecular formula is C10H15N3O2. The molecule has 5 nitrogen and oxygen atoms in total.